The van der Waals surface area contributed by atoms with Crippen LogP contribution in [0.2, 0.25) is 5.02 Å². The molecule has 174 valence electrons. The Morgan fingerprint density at radius 2 is 2.06 bits per heavy atom. The molecule has 2 fully saturated rings. The number of halogens is 3. The summed E-state index contributed by atoms with van der Waals surface area (Å²) in [5.74, 6) is -0.0854. The van der Waals surface area contributed by atoms with Gasteiger partial charge in [-0.2, -0.15) is 0 Å². The van der Waals surface area contributed by atoms with Gasteiger partial charge in [0.2, 0.25) is 0 Å². The molecule has 2 amide bonds. The standard InChI is InChI=1S/C22H24ClF2N7O/c23-12-6-16-17(9-27-19(16)26-8-12)20-28-10-18(25)21(31-20)29-14-2-1-3-15(7-14)30-22(33)32-5-4-13(24)11-32/h6,8-10,13-15H,1-5,7,11H2,(H,26,27)(H,30,33)(H,28,29,31)/t13?,14-,15+/m0/s1. The molecule has 3 atom stereocenters. The number of rotatable bonds is 4. The number of carbonyl (C=O) groups is 1. The van der Waals surface area contributed by atoms with E-state index in [1.54, 1.807) is 18.5 Å². The fourth-order valence-electron chi connectivity index (χ4n) is 4.57. The highest BCUT2D eigenvalue weighted by atomic mass is 35.5. The average Bonchev–Trinajstić information content (AvgIpc) is 3.42. The highest BCUT2D eigenvalue weighted by Gasteiger charge is 2.29. The minimum absolute atomic E-state index is 0.0615. The third-order valence-corrected chi connectivity index (χ3v) is 6.45. The molecule has 1 aliphatic carbocycles. The highest BCUT2D eigenvalue weighted by molar-refractivity contribution is 6.31. The van der Waals surface area contributed by atoms with E-state index in [0.29, 0.717) is 41.4 Å². The Morgan fingerprint density at radius 3 is 2.88 bits per heavy atom. The van der Waals surface area contributed by atoms with E-state index in [-0.39, 0.29) is 30.5 Å². The van der Waals surface area contributed by atoms with Crippen LogP contribution in [-0.4, -0.2) is 62.2 Å². The van der Waals surface area contributed by atoms with Crippen LogP contribution in [0.3, 0.4) is 0 Å². The molecule has 4 heterocycles. The van der Waals surface area contributed by atoms with Gasteiger partial charge in [0.1, 0.15) is 11.8 Å². The van der Waals surface area contributed by atoms with Gasteiger partial charge in [-0.15, -0.1) is 0 Å². The third-order valence-electron chi connectivity index (χ3n) is 6.24. The summed E-state index contributed by atoms with van der Waals surface area (Å²) in [5, 5.41) is 7.42. The first-order chi connectivity index (χ1) is 16.0. The second-order valence-corrected chi connectivity index (χ2v) is 9.06. The van der Waals surface area contributed by atoms with Crippen LogP contribution in [0.5, 0.6) is 0 Å². The number of hydrogen-bond donors (Lipinski definition) is 3. The van der Waals surface area contributed by atoms with Crippen molar-refractivity contribution in [2.75, 3.05) is 18.4 Å². The van der Waals surface area contributed by atoms with E-state index in [2.05, 4.69) is 30.6 Å². The monoisotopic (exact) mass is 475 g/mol. The zero-order valence-electron chi connectivity index (χ0n) is 17.8. The Morgan fingerprint density at radius 1 is 1.21 bits per heavy atom. The molecule has 0 radical (unpaired) electrons. The number of alkyl halides is 1. The number of carbonyl (C=O) groups excluding carboxylic acids is 1. The number of anilines is 1. The lowest BCUT2D eigenvalue weighted by Gasteiger charge is -2.31. The SMILES string of the molecule is O=C(N[C@@H]1CCC[C@H](Nc2nc(-c3c[nH]c4ncc(Cl)cc34)ncc2F)C1)N1CCC(F)C1. The molecule has 3 N–H and O–H groups in total. The summed E-state index contributed by atoms with van der Waals surface area (Å²) < 4.78 is 28.0. The van der Waals surface area contributed by atoms with Gasteiger partial charge < -0.3 is 20.5 Å². The molecule has 11 heteroatoms. The van der Waals surface area contributed by atoms with Gasteiger partial charge in [0.25, 0.3) is 0 Å². The van der Waals surface area contributed by atoms with Gasteiger partial charge in [0, 0.05) is 42.0 Å². The van der Waals surface area contributed by atoms with Crippen molar-refractivity contribution in [3.8, 4) is 11.4 Å². The molecule has 1 aliphatic heterocycles. The van der Waals surface area contributed by atoms with Gasteiger partial charge in [-0.3, -0.25) is 0 Å². The van der Waals surface area contributed by atoms with E-state index in [0.717, 1.165) is 30.8 Å². The summed E-state index contributed by atoms with van der Waals surface area (Å²) in [7, 11) is 0. The van der Waals surface area contributed by atoms with Crippen molar-refractivity contribution in [3.05, 3.63) is 35.5 Å². The quantitative estimate of drug-likeness (QED) is 0.523. The van der Waals surface area contributed by atoms with Gasteiger partial charge in [-0.25, -0.2) is 28.5 Å². The Labute approximate surface area is 194 Å². The zero-order chi connectivity index (χ0) is 22.9. The second-order valence-electron chi connectivity index (χ2n) is 8.63. The maximum absolute atomic E-state index is 14.6. The molecule has 8 nitrogen and oxygen atoms in total. The molecular weight excluding hydrogens is 452 g/mol. The number of amides is 2. The van der Waals surface area contributed by atoms with E-state index >= 15 is 0 Å². The normalized spacial score (nSPS) is 23.1. The maximum Gasteiger partial charge on any atom is 0.317 e. The van der Waals surface area contributed by atoms with Gasteiger partial charge >= 0.3 is 6.03 Å². The Balaban J connectivity index is 1.29. The lowest BCUT2D eigenvalue weighted by atomic mass is 9.91. The minimum atomic E-state index is -0.949. The molecule has 2 aliphatic rings. The first-order valence-electron chi connectivity index (χ1n) is 11.1. The van der Waals surface area contributed by atoms with Gasteiger partial charge in [0.15, 0.2) is 17.5 Å². The van der Waals surface area contributed by atoms with Crippen molar-refractivity contribution in [1.29, 1.82) is 0 Å². The molecule has 5 rings (SSSR count). The molecule has 1 saturated heterocycles. The lowest BCUT2D eigenvalue weighted by molar-refractivity contribution is 0.195. The van der Waals surface area contributed by atoms with Crippen LogP contribution in [0.15, 0.2) is 24.7 Å². The number of likely N-dealkylation sites (tertiary alicyclic amines) is 1. The summed E-state index contributed by atoms with van der Waals surface area (Å²) in [4.78, 5) is 29.8. The summed E-state index contributed by atoms with van der Waals surface area (Å²) in [6.45, 7) is 0.578. The molecule has 3 aromatic rings. The number of aromatic nitrogens is 4. The highest BCUT2D eigenvalue weighted by Crippen LogP contribution is 2.29. The predicted octanol–water partition coefficient (Wildman–Crippen LogP) is 4.29. The summed E-state index contributed by atoms with van der Waals surface area (Å²) in [6.07, 6.45) is 7.00. The molecular formula is C22H24ClF2N7O. The predicted molar refractivity (Wildman–Crippen MR) is 121 cm³/mol. The van der Waals surface area contributed by atoms with Crippen molar-refractivity contribution in [3.63, 3.8) is 0 Å². The molecule has 1 saturated carbocycles. The number of hydrogen-bond acceptors (Lipinski definition) is 5. The number of nitrogens with zero attached hydrogens (tertiary/aromatic N) is 4. The maximum atomic E-state index is 14.6. The van der Waals surface area contributed by atoms with Crippen molar-refractivity contribution in [2.45, 2.75) is 50.4 Å². The largest absolute Gasteiger partial charge is 0.365 e. The van der Waals surface area contributed by atoms with Crippen LogP contribution in [0.25, 0.3) is 22.4 Å². The van der Waals surface area contributed by atoms with Crippen molar-refractivity contribution < 1.29 is 13.6 Å². The number of aromatic amines is 1. The van der Waals surface area contributed by atoms with Crippen LogP contribution >= 0.6 is 11.6 Å². The van der Waals surface area contributed by atoms with Crippen molar-refractivity contribution in [1.82, 2.24) is 30.2 Å². The zero-order valence-corrected chi connectivity index (χ0v) is 18.6. The fraction of sp³-hybridized carbons (Fsp3) is 0.455. The number of urea groups is 1. The Kier molecular flexibility index (Phi) is 6.01. The molecule has 1 unspecified atom stereocenters. The van der Waals surface area contributed by atoms with Crippen LogP contribution in [0, 0.1) is 5.82 Å². The molecule has 0 spiro atoms. The van der Waals surface area contributed by atoms with E-state index in [1.165, 1.54) is 4.90 Å². The van der Waals surface area contributed by atoms with Crippen LogP contribution in [0.4, 0.5) is 19.4 Å². The first-order valence-corrected chi connectivity index (χ1v) is 11.5. The van der Waals surface area contributed by atoms with Gasteiger partial charge in [0.05, 0.1) is 17.8 Å². The topological polar surface area (TPSA) is 98.8 Å². The van der Waals surface area contributed by atoms with Crippen LogP contribution in [-0.2, 0) is 0 Å². The number of pyridine rings is 1. The van der Waals surface area contributed by atoms with E-state index in [4.69, 9.17) is 11.6 Å². The Bertz CT molecular complexity index is 1170. The average molecular weight is 476 g/mol. The summed E-state index contributed by atoms with van der Waals surface area (Å²) >= 11 is 6.08. The van der Waals surface area contributed by atoms with Crippen molar-refractivity contribution in [2.24, 2.45) is 0 Å². The van der Waals surface area contributed by atoms with E-state index in [9.17, 15) is 13.6 Å². The van der Waals surface area contributed by atoms with Gasteiger partial charge in [-0.05, 0) is 38.2 Å². The molecule has 3 aromatic heterocycles. The smallest absolute Gasteiger partial charge is 0.317 e. The number of fused-ring (bicyclic) bond motifs is 1. The first kappa shape index (κ1) is 21.8. The second kappa shape index (κ2) is 9.09. The number of nitrogens with one attached hydrogen (secondary N) is 3. The third kappa shape index (κ3) is 4.71. The summed E-state index contributed by atoms with van der Waals surface area (Å²) in [6, 6.07) is 1.40. The molecule has 0 aromatic carbocycles. The van der Waals surface area contributed by atoms with Gasteiger partial charge in [-0.1, -0.05) is 11.6 Å². The van der Waals surface area contributed by atoms with Crippen LogP contribution in [0.1, 0.15) is 32.1 Å². The fourth-order valence-corrected chi connectivity index (χ4v) is 4.73. The summed E-state index contributed by atoms with van der Waals surface area (Å²) in [5.41, 5.74) is 1.31. The van der Waals surface area contributed by atoms with Crippen LogP contribution < -0.4 is 10.6 Å². The molecule has 33 heavy (non-hydrogen) atoms. The van der Waals surface area contributed by atoms with E-state index < -0.39 is 12.0 Å². The van der Waals surface area contributed by atoms with E-state index in [1.807, 2.05) is 0 Å². The van der Waals surface area contributed by atoms with Crippen molar-refractivity contribution >= 4 is 34.5 Å². The lowest BCUT2D eigenvalue weighted by Crippen LogP contribution is -2.47. The Hall–Kier alpha value is -3.01. The minimum Gasteiger partial charge on any atom is -0.365 e. The molecule has 0 bridgehead atoms. The number of H-pyrrole nitrogens is 1.